The summed E-state index contributed by atoms with van der Waals surface area (Å²) in [5, 5.41) is 7.50. The van der Waals surface area contributed by atoms with E-state index in [-0.39, 0.29) is 17.7 Å². The molecule has 1 N–H and O–H groups in total. The van der Waals surface area contributed by atoms with Crippen LogP contribution < -0.4 is 5.32 Å². The predicted octanol–water partition coefficient (Wildman–Crippen LogP) is 3.09. The van der Waals surface area contributed by atoms with Crippen molar-refractivity contribution in [1.29, 1.82) is 0 Å². The third-order valence-corrected chi connectivity index (χ3v) is 6.99. The standard InChI is InChI=1S/C27H32N8O2/c1-18-5-6-22(26(36)29-9-4-11-33-14-10-28-17-33)25(31-18)21-7-12-34(13-8-21)27(37)23-16-30-24-15-19(2)32-35(24)20(23)3/h5-6,10,14-17,21H,4,7-9,11-13H2,1-3H3,(H,29,36). The van der Waals surface area contributed by atoms with Crippen molar-refractivity contribution in [2.24, 2.45) is 0 Å². The van der Waals surface area contributed by atoms with E-state index in [0.717, 1.165) is 54.2 Å². The molecular formula is C27H32N8O2. The fourth-order valence-corrected chi connectivity index (χ4v) is 4.96. The van der Waals surface area contributed by atoms with E-state index in [1.807, 2.05) is 54.6 Å². The Labute approximate surface area is 215 Å². The number of fused-ring (bicyclic) bond motifs is 1. The van der Waals surface area contributed by atoms with Crippen LogP contribution in [0.5, 0.6) is 0 Å². The summed E-state index contributed by atoms with van der Waals surface area (Å²) >= 11 is 0. The van der Waals surface area contributed by atoms with Gasteiger partial charge in [-0.15, -0.1) is 0 Å². The van der Waals surface area contributed by atoms with Crippen molar-refractivity contribution >= 4 is 17.5 Å². The normalized spacial score (nSPS) is 14.3. The van der Waals surface area contributed by atoms with Gasteiger partial charge in [0.15, 0.2) is 5.65 Å². The Hall–Kier alpha value is -4.08. The number of pyridine rings is 1. The van der Waals surface area contributed by atoms with Gasteiger partial charge in [-0.1, -0.05) is 0 Å². The fourth-order valence-electron chi connectivity index (χ4n) is 4.96. The number of rotatable bonds is 7. The highest BCUT2D eigenvalue weighted by molar-refractivity contribution is 5.96. The average molecular weight is 501 g/mol. The number of piperidine rings is 1. The molecule has 4 aromatic rings. The lowest BCUT2D eigenvalue weighted by atomic mass is 9.89. The van der Waals surface area contributed by atoms with Gasteiger partial charge in [-0.2, -0.15) is 5.10 Å². The first-order chi connectivity index (χ1) is 17.9. The minimum absolute atomic E-state index is 0.0356. The Morgan fingerprint density at radius 3 is 2.65 bits per heavy atom. The first-order valence-electron chi connectivity index (χ1n) is 12.7. The first kappa shape index (κ1) is 24.6. The van der Waals surface area contributed by atoms with Crippen LogP contribution in [-0.2, 0) is 6.54 Å². The number of aromatic nitrogens is 6. The lowest BCUT2D eigenvalue weighted by Crippen LogP contribution is -2.39. The molecule has 5 rings (SSSR count). The Morgan fingerprint density at radius 2 is 1.89 bits per heavy atom. The number of hydrogen-bond acceptors (Lipinski definition) is 6. The van der Waals surface area contributed by atoms with Crippen molar-refractivity contribution in [3.05, 3.63) is 77.0 Å². The number of amides is 2. The van der Waals surface area contributed by atoms with Crippen LogP contribution >= 0.6 is 0 Å². The monoisotopic (exact) mass is 500 g/mol. The number of carbonyl (C=O) groups is 2. The number of carbonyl (C=O) groups excluding carboxylic acids is 2. The van der Waals surface area contributed by atoms with Crippen molar-refractivity contribution in [3.8, 4) is 0 Å². The van der Waals surface area contributed by atoms with Crippen molar-refractivity contribution in [2.45, 2.75) is 52.5 Å². The summed E-state index contributed by atoms with van der Waals surface area (Å²) in [6.45, 7) is 8.33. The van der Waals surface area contributed by atoms with E-state index in [2.05, 4.69) is 20.4 Å². The summed E-state index contributed by atoms with van der Waals surface area (Å²) in [4.78, 5) is 41.5. The summed E-state index contributed by atoms with van der Waals surface area (Å²) in [6, 6.07) is 5.65. The van der Waals surface area contributed by atoms with E-state index in [0.29, 0.717) is 30.8 Å². The van der Waals surface area contributed by atoms with E-state index >= 15 is 0 Å². The topological polar surface area (TPSA) is 110 Å². The van der Waals surface area contributed by atoms with E-state index < -0.39 is 0 Å². The van der Waals surface area contributed by atoms with Gasteiger partial charge in [-0.05, 0) is 52.2 Å². The van der Waals surface area contributed by atoms with Crippen LogP contribution in [0.3, 0.4) is 0 Å². The lowest BCUT2D eigenvalue weighted by Gasteiger charge is -2.32. The van der Waals surface area contributed by atoms with Gasteiger partial charge >= 0.3 is 0 Å². The second-order valence-corrected chi connectivity index (χ2v) is 9.67. The van der Waals surface area contributed by atoms with Gasteiger partial charge in [-0.3, -0.25) is 14.6 Å². The minimum atomic E-state index is -0.101. The average Bonchev–Trinajstić information content (AvgIpc) is 3.56. The number of nitrogens with one attached hydrogen (secondary N) is 1. The zero-order chi connectivity index (χ0) is 25.9. The van der Waals surface area contributed by atoms with Gasteiger partial charge in [-0.25, -0.2) is 14.5 Å². The van der Waals surface area contributed by atoms with Gasteiger partial charge < -0.3 is 14.8 Å². The van der Waals surface area contributed by atoms with Gasteiger partial charge in [0.05, 0.1) is 34.5 Å². The van der Waals surface area contributed by atoms with Crippen LogP contribution in [0, 0.1) is 20.8 Å². The van der Waals surface area contributed by atoms with Crippen molar-refractivity contribution in [2.75, 3.05) is 19.6 Å². The van der Waals surface area contributed by atoms with Crippen LogP contribution in [-0.4, -0.2) is 65.5 Å². The molecule has 192 valence electrons. The summed E-state index contributed by atoms with van der Waals surface area (Å²) in [5.74, 6) is -0.0196. The molecule has 0 aromatic carbocycles. The molecule has 5 heterocycles. The number of nitrogens with zero attached hydrogens (tertiary/aromatic N) is 7. The quantitative estimate of drug-likeness (QED) is 0.391. The second kappa shape index (κ2) is 10.5. The Bertz CT molecular complexity index is 1420. The van der Waals surface area contributed by atoms with Crippen LogP contribution in [0.25, 0.3) is 5.65 Å². The molecule has 37 heavy (non-hydrogen) atoms. The van der Waals surface area contributed by atoms with Crippen LogP contribution in [0.15, 0.2) is 43.1 Å². The van der Waals surface area contributed by atoms with Crippen molar-refractivity contribution in [1.82, 2.24) is 39.3 Å². The SMILES string of the molecule is Cc1ccc(C(=O)NCCCn2ccnc2)c(C2CCN(C(=O)c3cnc4cc(C)nn4c3C)CC2)n1. The van der Waals surface area contributed by atoms with Crippen LogP contribution in [0.1, 0.15) is 68.7 Å². The third-order valence-electron chi connectivity index (χ3n) is 6.99. The molecule has 1 saturated heterocycles. The fraction of sp³-hybridized carbons (Fsp3) is 0.407. The molecule has 0 radical (unpaired) electrons. The Kier molecular flexibility index (Phi) is 6.98. The van der Waals surface area contributed by atoms with E-state index in [1.54, 1.807) is 23.2 Å². The molecule has 1 fully saturated rings. The first-order valence-corrected chi connectivity index (χ1v) is 12.7. The summed E-state index contributed by atoms with van der Waals surface area (Å²) in [6.07, 6.45) is 9.40. The van der Waals surface area contributed by atoms with E-state index in [9.17, 15) is 9.59 Å². The van der Waals surface area contributed by atoms with Crippen molar-refractivity contribution < 1.29 is 9.59 Å². The number of aryl methyl sites for hydroxylation is 4. The molecule has 0 aliphatic carbocycles. The smallest absolute Gasteiger partial charge is 0.257 e. The second-order valence-electron chi connectivity index (χ2n) is 9.67. The zero-order valence-electron chi connectivity index (χ0n) is 21.5. The molecule has 1 aliphatic rings. The van der Waals surface area contributed by atoms with Crippen LogP contribution in [0.2, 0.25) is 0 Å². The van der Waals surface area contributed by atoms with E-state index in [4.69, 9.17) is 4.98 Å². The Morgan fingerprint density at radius 1 is 1.08 bits per heavy atom. The molecule has 0 atom stereocenters. The highest BCUT2D eigenvalue weighted by Gasteiger charge is 2.29. The molecule has 0 unspecified atom stereocenters. The summed E-state index contributed by atoms with van der Waals surface area (Å²) < 4.78 is 3.72. The minimum Gasteiger partial charge on any atom is -0.352 e. The maximum absolute atomic E-state index is 13.3. The summed E-state index contributed by atoms with van der Waals surface area (Å²) in [5.41, 5.74) is 5.29. The third kappa shape index (κ3) is 5.23. The van der Waals surface area contributed by atoms with Gasteiger partial charge in [0.1, 0.15) is 0 Å². The van der Waals surface area contributed by atoms with Gasteiger partial charge in [0, 0.05) is 62.4 Å². The molecule has 1 aliphatic heterocycles. The molecule has 10 heteroatoms. The largest absolute Gasteiger partial charge is 0.352 e. The molecule has 0 bridgehead atoms. The van der Waals surface area contributed by atoms with Crippen LogP contribution in [0.4, 0.5) is 0 Å². The highest BCUT2D eigenvalue weighted by Crippen LogP contribution is 2.30. The Balaban J connectivity index is 1.23. The maximum atomic E-state index is 13.3. The summed E-state index contributed by atoms with van der Waals surface area (Å²) in [7, 11) is 0. The molecular weight excluding hydrogens is 468 g/mol. The molecule has 2 amide bonds. The van der Waals surface area contributed by atoms with Gasteiger partial charge in [0.2, 0.25) is 0 Å². The maximum Gasteiger partial charge on any atom is 0.257 e. The molecule has 4 aromatic heterocycles. The van der Waals surface area contributed by atoms with Gasteiger partial charge in [0.25, 0.3) is 11.8 Å². The molecule has 0 saturated carbocycles. The number of imidazole rings is 1. The predicted molar refractivity (Wildman–Crippen MR) is 138 cm³/mol. The van der Waals surface area contributed by atoms with Crippen molar-refractivity contribution in [3.63, 3.8) is 0 Å². The lowest BCUT2D eigenvalue weighted by molar-refractivity contribution is 0.0708. The molecule has 0 spiro atoms. The number of hydrogen-bond donors (Lipinski definition) is 1. The molecule has 10 nitrogen and oxygen atoms in total. The zero-order valence-corrected chi connectivity index (χ0v) is 21.5. The number of likely N-dealkylation sites (tertiary alicyclic amines) is 1. The highest BCUT2D eigenvalue weighted by atomic mass is 16.2. The van der Waals surface area contributed by atoms with E-state index in [1.165, 1.54) is 0 Å².